The first-order chi connectivity index (χ1) is 11.1. The number of nitrogens with one attached hydrogen (secondary N) is 1. The van der Waals surface area contributed by atoms with Crippen molar-refractivity contribution < 1.29 is 13.9 Å². The van der Waals surface area contributed by atoms with E-state index in [0.29, 0.717) is 22.5 Å². The summed E-state index contributed by atoms with van der Waals surface area (Å²) < 4.78 is 10.3. The number of hydrogen-bond donors (Lipinski definition) is 1. The number of hydrogen-bond acceptors (Lipinski definition) is 5. The van der Waals surface area contributed by atoms with Crippen LogP contribution in [0.25, 0.3) is 11.0 Å². The second kappa shape index (κ2) is 5.92. The number of aryl methyl sites for hydroxylation is 1. The monoisotopic (exact) mass is 310 g/mol. The summed E-state index contributed by atoms with van der Waals surface area (Å²) in [4.78, 5) is 28.3. The van der Waals surface area contributed by atoms with E-state index in [9.17, 15) is 9.59 Å². The molecule has 0 saturated heterocycles. The van der Waals surface area contributed by atoms with Crippen LogP contribution in [0.15, 0.2) is 51.8 Å². The summed E-state index contributed by atoms with van der Waals surface area (Å²) in [5, 5.41) is 3.19. The van der Waals surface area contributed by atoms with E-state index in [1.165, 1.54) is 13.2 Å². The first kappa shape index (κ1) is 14.8. The number of methoxy groups -OCH3 is 1. The van der Waals surface area contributed by atoms with E-state index >= 15 is 0 Å². The molecule has 1 N–H and O–H groups in total. The molecule has 1 aromatic carbocycles. The van der Waals surface area contributed by atoms with Crippen LogP contribution in [0.3, 0.4) is 0 Å². The number of aromatic nitrogens is 1. The van der Waals surface area contributed by atoms with E-state index in [0.717, 1.165) is 5.56 Å². The number of ether oxygens (including phenoxy) is 1. The molecule has 0 bridgehead atoms. The molecule has 2 aromatic heterocycles. The van der Waals surface area contributed by atoms with Crippen LogP contribution in [0.4, 0.5) is 5.82 Å². The molecular formula is C17H14N2O4. The molecule has 0 aliphatic rings. The topological polar surface area (TPSA) is 81.4 Å². The van der Waals surface area contributed by atoms with Crippen molar-refractivity contribution in [2.24, 2.45) is 0 Å². The zero-order valence-electron chi connectivity index (χ0n) is 12.6. The van der Waals surface area contributed by atoms with Crippen molar-refractivity contribution in [3.63, 3.8) is 0 Å². The summed E-state index contributed by atoms with van der Waals surface area (Å²) in [6.07, 6.45) is 1.58. The van der Waals surface area contributed by atoms with Crippen molar-refractivity contribution in [3.05, 3.63) is 64.1 Å². The highest BCUT2D eigenvalue weighted by Crippen LogP contribution is 2.20. The summed E-state index contributed by atoms with van der Waals surface area (Å²) in [5.41, 5.74) is 0.550. The Kier molecular flexibility index (Phi) is 3.80. The van der Waals surface area contributed by atoms with Gasteiger partial charge in [0.25, 0.3) is 5.91 Å². The number of nitrogens with zero attached hydrogens (tertiary/aromatic N) is 1. The molecule has 0 aliphatic carbocycles. The number of fused-ring (bicyclic) bond motifs is 1. The van der Waals surface area contributed by atoms with Crippen LogP contribution < -0.4 is 15.7 Å². The molecule has 6 nitrogen and oxygen atoms in total. The van der Waals surface area contributed by atoms with Crippen molar-refractivity contribution >= 4 is 22.7 Å². The minimum atomic E-state index is -0.701. The molecule has 3 rings (SSSR count). The molecule has 0 atom stereocenters. The van der Waals surface area contributed by atoms with Gasteiger partial charge in [0, 0.05) is 11.6 Å². The maximum absolute atomic E-state index is 12.3. The quantitative estimate of drug-likeness (QED) is 0.752. The molecule has 0 fully saturated rings. The van der Waals surface area contributed by atoms with Gasteiger partial charge >= 0.3 is 5.63 Å². The number of anilines is 1. The van der Waals surface area contributed by atoms with Crippen molar-refractivity contribution in [1.82, 2.24) is 4.98 Å². The fourth-order valence-corrected chi connectivity index (χ4v) is 2.17. The average molecular weight is 310 g/mol. The van der Waals surface area contributed by atoms with Crippen LogP contribution in [-0.2, 0) is 0 Å². The van der Waals surface area contributed by atoms with E-state index in [2.05, 4.69) is 10.3 Å². The van der Waals surface area contributed by atoms with E-state index in [4.69, 9.17) is 9.15 Å². The van der Waals surface area contributed by atoms with Gasteiger partial charge in [0.1, 0.15) is 22.7 Å². The van der Waals surface area contributed by atoms with E-state index in [-0.39, 0.29) is 5.56 Å². The lowest BCUT2D eigenvalue weighted by molar-refractivity contribution is 0.102. The lowest BCUT2D eigenvalue weighted by atomic mass is 10.1. The van der Waals surface area contributed by atoms with Gasteiger partial charge in [-0.1, -0.05) is 0 Å². The van der Waals surface area contributed by atoms with E-state index < -0.39 is 11.5 Å². The van der Waals surface area contributed by atoms with Crippen LogP contribution >= 0.6 is 0 Å². The highest BCUT2D eigenvalue weighted by Gasteiger charge is 2.15. The lowest BCUT2D eigenvalue weighted by Crippen LogP contribution is -2.21. The number of amides is 1. The molecule has 2 heterocycles. The second-order valence-corrected chi connectivity index (χ2v) is 5.02. The fourth-order valence-electron chi connectivity index (χ4n) is 2.17. The minimum Gasteiger partial charge on any atom is -0.497 e. The Bertz CT molecular complexity index is 947. The Labute approximate surface area is 131 Å². The predicted octanol–water partition coefficient (Wildman–Crippen LogP) is 2.76. The highest BCUT2D eigenvalue weighted by atomic mass is 16.5. The van der Waals surface area contributed by atoms with Crippen molar-refractivity contribution in [3.8, 4) is 5.75 Å². The third-order valence-corrected chi connectivity index (χ3v) is 3.34. The number of rotatable bonds is 3. The SMILES string of the molecule is COc1ccc2oc(=O)c(C(=O)Nc3cc(C)ccn3)cc2c1. The summed E-state index contributed by atoms with van der Waals surface area (Å²) in [5.74, 6) is 0.416. The summed E-state index contributed by atoms with van der Waals surface area (Å²) in [7, 11) is 1.54. The number of pyridine rings is 1. The Hall–Kier alpha value is -3.15. The van der Waals surface area contributed by atoms with E-state index in [1.807, 2.05) is 13.0 Å². The number of benzene rings is 1. The highest BCUT2D eigenvalue weighted by molar-refractivity contribution is 6.05. The average Bonchev–Trinajstić information content (AvgIpc) is 2.53. The number of carbonyl (C=O) groups is 1. The Balaban J connectivity index is 1.99. The molecule has 116 valence electrons. The maximum Gasteiger partial charge on any atom is 0.349 e. The summed E-state index contributed by atoms with van der Waals surface area (Å²) in [6, 6.07) is 10.0. The summed E-state index contributed by atoms with van der Waals surface area (Å²) in [6.45, 7) is 1.88. The molecular weight excluding hydrogens is 296 g/mol. The molecule has 0 aliphatic heterocycles. The van der Waals surface area contributed by atoms with Crippen LogP contribution in [-0.4, -0.2) is 18.0 Å². The normalized spacial score (nSPS) is 10.5. The number of carbonyl (C=O) groups excluding carboxylic acids is 1. The van der Waals surface area contributed by atoms with Crippen LogP contribution in [0, 0.1) is 6.92 Å². The van der Waals surface area contributed by atoms with Crippen LogP contribution in [0.5, 0.6) is 5.75 Å². The van der Waals surface area contributed by atoms with Gasteiger partial charge in [-0.05, 0) is 48.9 Å². The smallest absolute Gasteiger partial charge is 0.349 e. The Morgan fingerprint density at radius 2 is 2.04 bits per heavy atom. The van der Waals surface area contributed by atoms with Gasteiger partial charge in [-0.2, -0.15) is 0 Å². The zero-order valence-corrected chi connectivity index (χ0v) is 12.6. The molecule has 3 aromatic rings. The predicted molar refractivity (Wildman–Crippen MR) is 86.0 cm³/mol. The molecule has 0 unspecified atom stereocenters. The molecule has 0 saturated carbocycles. The Morgan fingerprint density at radius 3 is 2.78 bits per heavy atom. The zero-order chi connectivity index (χ0) is 16.4. The van der Waals surface area contributed by atoms with Crippen molar-refractivity contribution in [2.45, 2.75) is 6.92 Å². The van der Waals surface area contributed by atoms with Gasteiger partial charge in [0.2, 0.25) is 0 Å². The van der Waals surface area contributed by atoms with Crippen LogP contribution in [0.2, 0.25) is 0 Å². The first-order valence-corrected chi connectivity index (χ1v) is 6.93. The largest absolute Gasteiger partial charge is 0.497 e. The third kappa shape index (κ3) is 3.06. The fraction of sp³-hybridized carbons (Fsp3) is 0.118. The molecule has 23 heavy (non-hydrogen) atoms. The minimum absolute atomic E-state index is 0.0888. The van der Waals surface area contributed by atoms with Gasteiger partial charge in [-0.15, -0.1) is 0 Å². The van der Waals surface area contributed by atoms with Gasteiger partial charge in [0.15, 0.2) is 0 Å². The standard InChI is InChI=1S/C17H14N2O4/c1-10-5-6-18-15(7-10)19-16(20)13-9-11-8-12(22-2)3-4-14(11)23-17(13)21/h3-9H,1-2H3,(H,18,19,20). The maximum atomic E-state index is 12.3. The van der Waals surface area contributed by atoms with Gasteiger partial charge < -0.3 is 14.5 Å². The van der Waals surface area contributed by atoms with Gasteiger partial charge in [-0.3, -0.25) is 4.79 Å². The van der Waals surface area contributed by atoms with Gasteiger partial charge in [0.05, 0.1) is 7.11 Å². The Morgan fingerprint density at radius 1 is 1.22 bits per heavy atom. The van der Waals surface area contributed by atoms with E-state index in [1.54, 1.807) is 30.5 Å². The van der Waals surface area contributed by atoms with Crippen LogP contribution in [0.1, 0.15) is 15.9 Å². The molecule has 6 heteroatoms. The van der Waals surface area contributed by atoms with Crippen molar-refractivity contribution in [1.29, 1.82) is 0 Å². The third-order valence-electron chi connectivity index (χ3n) is 3.34. The summed E-state index contributed by atoms with van der Waals surface area (Å²) >= 11 is 0. The van der Waals surface area contributed by atoms with Crippen molar-refractivity contribution in [2.75, 3.05) is 12.4 Å². The van der Waals surface area contributed by atoms with Gasteiger partial charge in [-0.25, -0.2) is 9.78 Å². The molecule has 0 spiro atoms. The first-order valence-electron chi connectivity index (χ1n) is 6.93. The second-order valence-electron chi connectivity index (χ2n) is 5.02. The lowest BCUT2D eigenvalue weighted by Gasteiger charge is -2.06. The molecule has 0 radical (unpaired) electrons. The molecule has 1 amide bonds.